The fourth-order valence-electron chi connectivity index (χ4n) is 2.72. The van der Waals surface area contributed by atoms with Crippen LogP contribution in [-0.2, 0) is 6.54 Å². The molecule has 4 aromatic rings. The third kappa shape index (κ3) is 3.54. The molecule has 5 nitrogen and oxygen atoms in total. The summed E-state index contributed by atoms with van der Waals surface area (Å²) < 4.78 is 23.6. The molecule has 0 saturated carbocycles. The molecule has 0 aliphatic rings. The van der Waals surface area contributed by atoms with Gasteiger partial charge in [-0.15, -0.1) is 11.3 Å². The van der Waals surface area contributed by atoms with Crippen LogP contribution in [0.3, 0.4) is 0 Å². The van der Waals surface area contributed by atoms with E-state index in [9.17, 15) is 9.18 Å². The number of halogens is 1. The predicted molar refractivity (Wildman–Crippen MR) is 104 cm³/mol. The molecule has 0 bridgehead atoms. The van der Waals surface area contributed by atoms with Gasteiger partial charge in [-0.25, -0.2) is 14.2 Å². The van der Waals surface area contributed by atoms with Crippen molar-refractivity contribution in [1.82, 2.24) is 4.98 Å². The SMILES string of the molecule is COc1cccc2cc(-c3csc(NCc4ccc(F)cc4)n3)c(=O)oc12. The minimum absolute atomic E-state index is 0.269. The zero-order valence-corrected chi connectivity index (χ0v) is 15.2. The zero-order valence-electron chi connectivity index (χ0n) is 14.4. The van der Waals surface area contributed by atoms with E-state index in [1.807, 2.05) is 12.1 Å². The summed E-state index contributed by atoms with van der Waals surface area (Å²) in [6, 6.07) is 13.4. The Balaban J connectivity index is 1.60. The largest absolute Gasteiger partial charge is 0.493 e. The molecule has 0 saturated heterocycles. The third-order valence-electron chi connectivity index (χ3n) is 4.08. The Morgan fingerprint density at radius 2 is 2.04 bits per heavy atom. The lowest BCUT2D eigenvalue weighted by Gasteiger charge is -2.05. The topological polar surface area (TPSA) is 64.4 Å². The molecule has 136 valence electrons. The van der Waals surface area contributed by atoms with E-state index in [0.717, 1.165) is 10.9 Å². The van der Waals surface area contributed by atoms with Crippen LogP contribution in [0.25, 0.3) is 22.2 Å². The number of para-hydroxylation sites is 1. The lowest BCUT2D eigenvalue weighted by Crippen LogP contribution is -2.04. The van der Waals surface area contributed by atoms with E-state index in [1.54, 1.807) is 29.6 Å². The first-order valence-electron chi connectivity index (χ1n) is 8.19. The summed E-state index contributed by atoms with van der Waals surface area (Å²) in [6.07, 6.45) is 0. The minimum atomic E-state index is -0.470. The highest BCUT2D eigenvalue weighted by Crippen LogP contribution is 2.29. The quantitative estimate of drug-likeness (QED) is 0.508. The summed E-state index contributed by atoms with van der Waals surface area (Å²) in [5, 5.41) is 6.40. The lowest BCUT2D eigenvalue weighted by molar-refractivity contribution is 0.407. The lowest BCUT2D eigenvalue weighted by atomic mass is 10.1. The molecule has 2 heterocycles. The monoisotopic (exact) mass is 382 g/mol. The molecular formula is C20H15FN2O3S. The van der Waals surface area contributed by atoms with Crippen LogP contribution in [0.2, 0.25) is 0 Å². The van der Waals surface area contributed by atoms with Crippen LogP contribution >= 0.6 is 11.3 Å². The molecule has 0 aliphatic heterocycles. The number of thiazole rings is 1. The van der Waals surface area contributed by atoms with E-state index in [2.05, 4.69) is 10.3 Å². The Labute approximate surface area is 158 Å². The number of fused-ring (bicyclic) bond motifs is 1. The molecule has 27 heavy (non-hydrogen) atoms. The van der Waals surface area contributed by atoms with Gasteiger partial charge in [-0.2, -0.15) is 0 Å². The molecule has 7 heteroatoms. The standard InChI is InChI=1S/C20H15FN2O3S/c1-25-17-4-2-3-13-9-15(19(24)26-18(13)17)16-11-27-20(23-16)22-10-12-5-7-14(21)8-6-12/h2-9,11H,10H2,1H3,(H,22,23). The summed E-state index contributed by atoms with van der Waals surface area (Å²) >= 11 is 1.39. The normalized spacial score (nSPS) is 10.9. The summed E-state index contributed by atoms with van der Waals surface area (Å²) in [5.74, 6) is 0.242. The average molecular weight is 382 g/mol. The van der Waals surface area contributed by atoms with Crippen LogP contribution < -0.4 is 15.7 Å². The van der Waals surface area contributed by atoms with Crippen LogP contribution in [-0.4, -0.2) is 12.1 Å². The Hall–Kier alpha value is -3.19. The van der Waals surface area contributed by atoms with Crippen molar-refractivity contribution >= 4 is 27.4 Å². The van der Waals surface area contributed by atoms with Gasteiger partial charge in [0.05, 0.1) is 18.4 Å². The van der Waals surface area contributed by atoms with E-state index in [4.69, 9.17) is 9.15 Å². The van der Waals surface area contributed by atoms with Crippen molar-refractivity contribution < 1.29 is 13.5 Å². The molecule has 0 spiro atoms. The Kier molecular flexibility index (Phi) is 4.60. The van der Waals surface area contributed by atoms with Crippen LogP contribution in [0.4, 0.5) is 9.52 Å². The Bertz CT molecular complexity index is 1150. The van der Waals surface area contributed by atoms with Gasteiger partial charge >= 0.3 is 5.63 Å². The molecule has 4 rings (SSSR count). The average Bonchev–Trinajstić information content (AvgIpc) is 3.15. The molecule has 0 radical (unpaired) electrons. The van der Waals surface area contributed by atoms with Gasteiger partial charge < -0.3 is 14.5 Å². The number of nitrogens with one attached hydrogen (secondary N) is 1. The van der Waals surface area contributed by atoms with E-state index in [-0.39, 0.29) is 5.82 Å². The zero-order chi connectivity index (χ0) is 18.8. The van der Waals surface area contributed by atoms with E-state index < -0.39 is 5.63 Å². The Morgan fingerprint density at radius 1 is 1.22 bits per heavy atom. The maximum Gasteiger partial charge on any atom is 0.345 e. The highest BCUT2D eigenvalue weighted by molar-refractivity contribution is 7.14. The maximum absolute atomic E-state index is 13.0. The number of hydrogen-bond donors (Lipinski definition) is 1. The minimum Gasteiger partial charge on any atom is -0.493 e. The van der Waals surface area contributed by atoms with Gasteiger partial charge in [0.1, 0.15) is 5.82 Å². The molecule has 2 aromatic carbocycles. The van der Waals surface area contributed by atoms with Gasteiger partial charge in [-0.1, -0.05) is 24.3 Å². The van der Waals surface area contributed by atoms with E-state index in [0.29, 0.717) is 34.3 Å². The number of hydrogen-bond acceptors (Lipinski definition) is 6. The van der Waals surface area contributed by atoms with Crippen LogP contribution in [0.1, 0.15) is 5.56 Å². The van der Waals surface area contributed by atoms with Crippen molar-refractivity contribution in [3.8, 4) is 17.0 Å². The van der Waals surface area contributed by atoms with Crippen molar-refractivity contribution in [2.75, 3.05) is 12.4 Å². The number of nitrogens with zero attached hydrogens (tertiary/aromatic N) is 1. The van der Waals surface area contributed by atoms with E-state index >= 15 is 0 Å². The number of methoxy groups -OCH3 is 1. The van der Waals surface area contributed by atoms with Gasteiger partial charge in [0, 0.05) is 17.3 Å². The molecular weight excluding hydrogens is 367 g/mol. The smallest absolute Gasteiger partial charge is 0.345 e. The number of rotatable bonds is 5. The van der Waals surface area contributed by atoms with Crippen LogP contribution in [0.5, 0.6) is 5.75 Å². The highest BCUT2D eigenvalue weighted by atomic mass is 32.1. The van der Waals surface area contributed by atoms with Crippen molar-refractivity contribution in [2.45, 2.75) is 6.54 Å². The highest BCUT2D eigenvalue weighted by Gasteiger charge is 2.13. The summed E-state index contributed by atoms with van der Waals surface area (Å²) in [7, 11) is 1.53. The summed E-state index contributed by atoms with van der Waals surface area (Å²) in [5.41, 5.74) is 1.81. The third-order valence-corrected chi connectivity index (χ3v) is 4.88. The molecule has 2 aromatic heterocycles. The van der Waals surface area contributed by atoms with Gasteiger partial charge in [-0.05, 0) is 29.8 Å². The molecule has 0 amide bonds. The number of benzene rings is 2. The maximum atomic E-state index is 13.0. The first-order valence-corrected chi connectivity index (χ1v) is 9.07. The number of aromatic nitrogens is 1. The van der Waals surface area contributed by atoms with Crippen LogP contribution in [0.15, 0.2) is 63.1 Å². The molecule has 0 atom stereocenters. The second-order valence-corrected chi connectivity index (χ2v) is 6.70. The molecule has 0 aliphatic carbocycles. The molecule has 0 unspecified atom stereocenters. The van der Waals surface area contributed by atoms with Gasteiger partial charge in [0.2, 0.25) is 0 Å². The van der Waals surface area contributed by atoms with Crippen LogP contribution in [0, 0.1) is 5.82 Å². The first kappa shape index (κ1) is 17.2. The fraction of sp³-hybridized carbons (Fsp3) is 0.100. The van der Waals surface area contributed by atoms with Crippen molar-refractivity contribution in [2.24, 2.45) is 0 Å². The molecule has 1 N–H and O–H groups in total. The predicted octanol–water partition coefficient (Wildman–Crippen LogP) is 4.68. The van der Waals surface area contributed by atoms with E-state index in [1.165, 1.54) is 30.6 Å². The number of ether oxygens (including phenoxy) is 1. The van der Waals surface area contributed by atoms with Crippen molar-refractivity contribution in [1.29, 1.82) is 0 Å². The van der Waals surface area contributed by atoms with Gasteiger partial charge in [0.25, 0.3) is 0 Å². The van der Waals surface area contributed by atoms with Crippen molar-refractivity contribution in [3.63, 3.8) is 0 Å². The Morgan fingerprint density at radius 3 is 2.81 bits per heavy atom. The van der Waals surface area contributed by atoms with Gasteiger partial charge in [0.15, 0.2) is 16.5 Å². The number of anilines is 1. The summed E-state index contributed by atoms with van der Waals surface area (Å²) in [4.78, 5) is 16.9. The van der Waals surface area contributed by atoms with Crippen molar-refractivity contribution in [3.05, 3.63) is 75.7 Å². The fourth-order valence-corrected chi connectivity index (χ4v) is 3.43. The molecule has 0 fully saturated rings. The second-order valence-electron chi connectivity index (χ2n) is 5.84. The van der Waals surface area contributed by atoms with Gasteiger partial charge in [-0.3, -0.25) is 0 Å². The summed E-state index contributed by atoms with van der Waals surface area (Å²) in [6.45, 7) is 0.511. The second kappa shape index (κ2) is 7.20. The first-order chi connectivity index (χ1) is 13.1.